The summed E-state index contributed by atoms with van der Waals surface area (Å²) in [7, 11) is 0. The molecule has 1 saturated carbocycles. The summed E-state index contributed by atoms with van der Waals surface area (Å²) >= 11 is 0. The molecule has 0 spiro atoms. The molecule has 2 aliphatic carbocycles. The second-order valence-electron chi connectivity index (χ2n) is 17.5. The number of fused-ring (bicyclic) bond motifs is 1. The summed E-state index contributed by atoms with van der Waals surface area (Å²) in [5, 5.41) is 13.1. The van der Waals surface area contributed by atoms with Crippen LogP contribution < -0.4 is 5.32 Å². The van der Waals surface area contributed by atoms with Crippen LogP contribution in [-0.2, 0) is 19.1 Å². The van der Waals surface area contributed by atoms with E-state index in [1.807, 2.05) is 26.0 Å². The van der Waals surface area contributed by atoms with Crippen molar-refractivity contribution in [1.29, 1.82) is 5.26 Å². The van der Waals surface area contributed by atoms with E-state index in [9.17, 15) is 19.6 Å². The molecule has 3 aliphatic rings. The zero-order valence-corrected chi connectivity index (χ0v) is 30.4. The Labute approximate surface area is 274 Å². The van der Waals surface area contributed by atoms with Crippen molar-refractivity contribution in [3.8, 4) is 6.07 Å². The molecular weight excluding hydrogens is 560 g/mol. The second-order valence-corrected chi connectivity index (χ2v) is 17.5. The largest absolute Gasteiger partial charge is 0.377 e. The van der Waals surface area contributed by atoms with Gasteiger partial charge in [0.2, 0.25) is 5.91 Å². The minimum Gasteiger partial charge on any atom is -0.377 e. The third-order valence-corrected chi connectivity index (χ3v) is 12.6. The highest BCUT2D eigenvalue weighted by Crippen LogP contribution is 2.67. The van der Waals surface area contributed by atoms with E-state index in [4.69, 9.17) is 4.74 Å². The second kappa shape index (κ2) is 13.5. The maximum atomic E-state index is 13.3. The zero-order chi connectivity index (χ0) is 34.1. The molecule has 6 nitrogen and oxygen atoms in total. The predicted molar refractivity (Wildman–Crippen MR) is 181 cm³/mol. The SMILES string of the molecule is CCCC(C)(C)CC[C@](C)(CCC(=O)NC1COC1)CCC(C)(C)[C@]1(C)CC[C@H]2C(C)(C)C(=O)C(C#N)=C[C@]2(C)/C1=C/C(C)=O. The Morgan fingerprint density at radius 3 is 2.18 bits per heavy atom. The van der Waals surface area contributed by atoms with E-state index in [0.29, 0.717) is 19.6 Å². The van der Waals surface area contributed by atoms with Crippen molar-refractivity contribution >= 4 is 17.5 Å². The van der Waals surface area contributed by atoms with Crippen LogP contribution in [0, 0.1) is 49.7 Å². The fourth-order valence-corrected chi connectivity index (χ4v) is 8.85. The van der Waals surface area contributed by atoms with Crippen LogP contribution >= 0.6 is 0 Å². The maximum Gasteiger partial charge on any atom is 0.220 e. The summed E-state index contributed by atoms with van der Waals surface area (Å²) in [6.07, 6.45) is 13.2. The van der Waals surface area contributed by atoms with Gasteiger partial charge in [0.25, 0.3) is 0 Å². The fourth-order valence-electron chi connectivity index (χ4n) is 8.85. The molecule has 4 atom stereocenters. The number of ketones is 2. The van der Waals surface area contributed by atoms with Gasteiger partial charge in [-0.05, 0) is 91.9 Å². The third kappa shape index (κ3) is 7.83. The molecule has 252 valence electrons. The van der Waals surface area contributed by atoms with Crippen LogP contribution in [0.3, 0.4) is 0 Å². The molecule has 0 aromatic rings. The first-order valence-corrected chi connectivity index (χ1v) is 17.4. The van der Waals surface area contributed by atoms with Crippen LogP contribution in [0.15, 0.2) is 23.3 Å². The van der Waals surface area contributed by atoms with Gasteiger partial charge < -0.3 is 10.1 Å². The molecule has 0 aromatic heterocycles. The molecule has 0 radical (unpaired) electrons. The summed E-state index contributed by atoms with van der Waals surface area (Å²) < 4.78 is 5.25. The van der Waals surface area contributed by atoms with Gasteiger partial charge in [-0.1, -0.05) is 87.3 Å². The van der Waals surface area contributed by atoms with Gasteiger partial charge in [-0.15, -0.1) is 0 Å². The lowest BCUT2D eigenvalue weighted by Crippen LogP contribution is -2.55. The minimum absolute atomic E-state index is 0.00128. The number of carbonyl (C=O) groups excluding carboxylic acids is 3. The van der Waals surface area contributed by atoms with Gasteiger partial charge in [0, 0.05) is 17.3 Å². The molecule has 0 unspecified atom stereocenters. The number of nitriles is 1. The van der Waals surface area contributed by atoms with Crippen molar-refractivity contribution in [2.24, 2.45) is 38.4 Å². The molecule has 1 heterocycles. The number of nitrogens with zero attached hydrogens (tertiary/aromatic N) is 1. The number of nitrogens with one attached hydrogen (secondary N) is 1. The number of ether oxygens (including phenoxy) is 1. The molecule has 0 bridgehead atoms. The first kappa shape index (κ1) is 37.2. The Bertz CT molecular complexity index is 1250. The van der Waals surface area contributed by atoms with Crippen molar-refractivity contribution in [3.05, 3.63) is 23.3 Å². The normalized spacial score (nSPS) is 29.2. The Morgan fingerprint density at radius 2 is 1.64 bits per heavy atom. The topological polar surface area (TPSA) is 96.3 Å². The van der Waals surface area contributed by atoms with Crippen LogP contribution in [0.4, 0.5) is 0 Å². The first-order chi connectivity index (χ1) is 20.7. The van der Waals surface area contributed by atoms with Crippen LogP contribution in [0.5, 0.6) is 0 Å². The summed E-state index contributed by atoms with van der Waals surface area (Å²) in [5.74, 6) is 0.0327. The average molecular weight is 623 g/mol. The lowest BCUT2D eigenvalue weighted by atomic mass is 9.42. The smallest absolute Gasteiger partial charge is 0.220 e. The summed E-state index contributed by atoms with van der Waals surface area (Å²) in [6, 6.07) is 2.33. The van der Waals surface area contributed by atoms with E-state index < -0.39 is 10.8 Å². The highest BCUT2D eigenvalue weighted by atomic mass is 16.5. The van der Waals surface area contributed by atoms with Crippen molar-refractivity contribution < 1.29 is 19.1 Å². The monoisotopic (exact) mass is 622 g/mol. The minimum atomic E-state index is -0.689. The Balaban J connectivity index is 1.94. The van der Waals surface area contributed by atoms with Gasteiger partial charge in [-0.3, -0.25) is 14.4 Å². The van der Waals surface area contributed by atoms with Gasteiger partial charge in [-0.2, -0.15) is 5.26 Å². The summed E-state index contributed by atoms with van der Waals surface area (Å²) in [5.41, 5.74) is -0.244. The third-order valence-electron chi connectivity index (χ3n) is 12.6. The number of allylic oxidation sites excluding steroid dienone is 4. The standard InChI is InChI=1S/C39H62N2O4/c1-12-15-34(3,4)18-20-37(9,16-14-32(43)41-29-25-45-26-29)21-19-35(5,6)39(11)17-13-30-36(7,8)33(44)28(24-40)23-38(30,10)31(39)22-27(2)42/h22-23,29-30H,12-21,25-26H2,1-11H3,(H,41,43)/b31-22-/t30-,37-,38-,39+/m0/s1. The number of amides is 1. The van der Waals surface area contributed by atoms with Crippen LogP contribution in [0.25, 0.3) is 0 Å². The van der Waals surface area contributed by atoms with Crippen LogP contribution in [0.1, 0.15) is 140 Å². The number of carbonyl (C=O) groups is 3. The number of hydrogen-bond donors (Lipinski definition) is 1. The lowest BCUT2D eigenvalue weighted by molar-refractivity contribution is -0.131. The number of rotatable bonds is 14. The van der Waals surface area contributed by atoms with Crippen molar-refractivity contribution in [3.63, 3.8) is 0 Å². The molecule has 0 aromatic carbocycles. The highest BCUT2D eigenvalue weighted by Gasteiger charge is 2.61. The summed E-state index contributed by atoms with van der Waals surface area (Å²) in [4.78, 5) is 39.1. The average Bonchev–Trinajstić information content (AvgIpc) is 2.91. The highest BCUT2D eigenvalue weighted by molar-refractivity contribution is 6.04. The lowest BCUT2D eigenvalue weighted by Gasteiger charge is -2.61. The van der Waals surface area contributed by atoms with Gasteiger partial charge >= 0.3 is 0 Å². The molecule has 1 amide bonds. The molecular formula is C39H62N2O4. The van der Waals surface area contributed by atoms with Crippen LogP contribution in [-0.4, -0.2) is 36.7 Å². The number of hydrogen-bond acceptors (Lipinski definition) is 5. The molecule has 6 heteroatoms. The Morgan fingerprint density at radius 1 is 1.02 bits per heavy atom. The number of Topliss-reactive ketones (excluding diaryl/α,β-unsaturated/α-hetero) is 1. The fraction of sp³-hybridized carbons (Fsp3) is 0.795. The van der Waals surface area contributed by atoms with E-state index in [1.165, 1.54) is 6.42 Å². The van der Waals surface area contributed by atoms with Crippen molar-refractivity contribution in [2.75, 3.05) is 13.2 Å². The Kier molecular flexibility index (Phi) is 11.1. The van der Waals surface area contributed by atoms with Gasteiger partial charge in [0.05, 0.1) is 24.8 Å². The van der Waals surface area contributed by atoms with E-state index in [2.05, 4.69) is 66.8 Å². The molecule has 3 rings (SSSR count). The molecule has 1 saturated heterocycles. The molecule has 45 heavy (non-hydrogen) atoms. The Hall–Kier alpha value is -2.26. The molecule has 2 fully saturated rings. The van der Waals surface area contributed by atoms with E-state index in [1.54, 1.807) is 6.92 Å². The van der Waals surface area contributed by atoms with Gasteiger partial charge in [0.1, 0.15) is 6.07 Å². The first-order valence-electron chi connectivity index (χ1n) is 17.4. The zero-order valence-electron chi connectivity index (χ0n) is 30.4. The van der Waals surface area contributed by atoms with Crippen molar-refractivity contribution in [2.45, 2.75) is 146 Å². The predicted octanol–water partition coefficient (Wildman–Crippen LogP) is 8.70. The summed E-state index contributed by atoms with van der Waals surface area (Å²) in [6.45, 7) is 25.2. The van der Waals surface area contributed by atoms with E-state index in [0.717, 1.165) is 56.9 Å². The molecule has 1 aliphatic heterocycles. The quantitative estimate of drug-likeness (QED) is 0.196. The van der Waals surface area contributed by atoms with Gasteiger partial charge in [-0.25, -0.2) is 0 Å². The maximum absolute atomic E-state index is 13.3. The van der Waals surface area contributed by atoms with Crippen molar-refractivity contribution in [1.82, 2.24) is 5.32 Å². The van der Waals surface area contributed by atoms with E-state index in [-0.39, 0.29) is 56.7 Å². The van der Waals surface area contributed by atoms with Crippen LogP contribution in [0.2, 0.25) is 0 Å². The molecule has 1 N–H and O–H groups in total. The van der Waals surface area contributed by atoms with E-state index >= 15 is 0 Å². The van der Waals surface area contributed by atoms with Gasteiger partial charge in [0.15, 0.2) is 11.6 Å².